The van der Waals surface area contributed by atoms with Crippen LogP contribution < -0.4 is 0 Å². The fourth-order valence-electron chi connectivity index (χ4n) is 4.05. The van der Waals surface area contributed by atoms with Crippen LogP contribution in [0.15, 0.2) is 47.4 Å². The van der Waals surface area contributed by atoms with Crippen molar-refractivity contribution in [3.63, 3.8) is 0 Å². The van der Waals surface area contributed by atoms with E-state index in [0.717, 1.165) is 32.1 Å². The van der Waals surface area contributed by atoms with Crippen LogP contribution in [0.4, 0.5) is 5.69 Å². The monoisotopic (exact) mass is 382 g/mol. The number of fused-ring (bicyclic) bond motifs is 1. The number of nitro groups is 1. The van der Waals surface area contributed by atoms with Crippen molar-refractivity contribution in [2.75, 3.05) is 6.26 Å². The Bertz CT molecular complexity index is 895. The van der Waals surface area contributed by atoms with E-state index in [4.69, 9.17) is 0 Å². The van der Waals surface area contributed by atoms with Crippen LogP contribution in [0.5, 0.6) is 0 Å². The van der Waals surface area contributed by atoms with Crippen LogP contribution in [0.3, 0.4) is 0 Å². The summed E-state index contributed by atoms with van der Waals surface area (Å²) in [6.45, 7) is 0. The van der Waals surface area contributed by atoms with Crippen molar-refractivity contribution in [1.29, 1.82) is 0 Å². The van der Waals surface area contributed by atoms with Crippen molar-refractivity contribution in [2.45, 2.75) is 49.1 Å². The van der Waals surface area contributed by atoms with E-state index >= 15 is 0 Å². The lowest BCUT2D eigenvalue weighted by Crippen LogP contribution is -2.38. The van der Waals surface area contributed by atoms with E-state index in [9.17, 15) is 14.9 Å². The van der Waals surface area contributed by atoms with Crippen LogP contribution in [0.1, 0.15) is 53.2 Å². The van der Waals surface area contributed by atoms with Gasteiger partial charge in [0.15, 0.2) is 0 Å². The number of amides is 1. The molecule has 5 nitrogen and oxygen atoms in total. The first-order valence-corrected chi connectivity index (χ1v) is 10.6. The zero-order chi connectivity index (χ0) is 19.0. The summed E-state index contributed by atoms with van der Waals surface area (Å²) < 4.78 is 0. The van der Waals surface area contributed by atoms with E-state index in [2.05, 4.69) is 18.2 Å². The maximum atomic E-state index is 13.4. The molecule has 1 amide bonds. The van der Waals surface area contributed by atoms with Gasteiger partial charge < -0.3 is 4.90 Å². The standard InChI is InChI=1S/C21H22N2O3S/c1-27-20-12-9-15(13-19(20)23(25)26)21(24)22(16-10-11-16)18-8-4-6-14-5-2-3-7-17(14)18/h2-3,5,7,9,12-13,16,18H,4,6,8,10-11H2,1H3. The fraction of sp³-hybridized carbons (Fsp3) is 0.381. The molecular weight excluding hydrogens is 360 g/mol. The molecule has 2 aliphatic carbocycles. The van der Waals surface area contributed by atoms with Gasteiger partial charge in [0, 0.05) is 17.7 Å². The minimum Gasteiger partial charge on any atom is -0.329 e. The predicted octanol–water partition coefficient (Wildman–Crippen LogP) is 5.00. The number of benzene rings is 2. The Morgan fingerprint density at radius 3 is 2.67 bits per heavy atom. The lowest BCUT2D eigenvalue weighted by Gasteiger charge is -2.36. The molecule has 0 heterocycles. The van der Waals surface area contributed by atoms with E-state index in [-0.39, 0.29) is 23.7 Å². The molecule has 2 aromatic carbocycles. The summed E-state index contributed by atoms with van der Waals surface area (Å²) in [6, 6.07) is 13.5. The largest absolute Gasteiger partial charge is 0.329 e. The zero-order valence-corrected chi connectivity index (χ0v) is 16.1. The van der Waals surface area contributed by atoms with Crippen LogP contribution in [0, 0.1) is 10.1 Å². The molecule has 27 heavy (non-hydrogen) atoms. The summed E-state index contributed by atoms with van der Waals surface area (Å²) >= 11 is 1.32. The van der Waals surface area contributed by atoms with Gasteiger partial charge in [-0.2, -0.15) is 0 Å². The molecule has 0 aliphatic heterocycles. The lowest BCUT2D eigenvalue weighted by atomic mass is 9.86. The molecule has 1 fully saturated rings. The summed E-state index contributed by atoms with van der Waals surface area (Å²) in [5.74, 6) is -0.0880. The van der Waals surface area contributed by atoms with Gasteiger partial charge in [-0.3, -0.25) is 14.9 Å². The van der Waals surface area contributed by atoms with Gasteiger partial charge >= 0.3 is 0 Å². The third kappa shape index (κ3) is 3.46. The highest BCUT2D eigenvalue weighted by Crippen LogP contribution is 2.42. The summed E-state index contributed by atoms with van der Waals surface area (Å²) in [4.78, 5) is 27.0. The fourth-order valence-corrected chi connectivity index (χ4v) is 4.59. The molecular formula is C21H22N2O3S. The van der Waals surface area contributed by atoms with E-state index in [1.807, 2.05) is 11.0 Å². The van der Waals surface area contributed by atoms with Gasteiger partial charge in [0.05, 0.1) is 15.9 Å². The number of thioether (sulfide) groups is 1. The average molecular weight is 382 g/mol. The van der Waals surface area contributed by atoms with Crippen LogP contribution in [-0.4, -0.2) is 28.0 Å². The quantitative estimate of drug-likeness (QED) is 0.415. The number of aryl methyl sites for hydroxylation is 1. The second-order valence-electron chi connectivity index (χ2n) is 7.19. The predicted molar refractivity (Wildman–Crippen MR) is 106 cm³/mol. The summed E-state index contributed by atoms with van der Waals surface area (Å²) in [7, 11) is 0. The molecule has 0 saturated heterocycles. The first-order valence-electron chi connectivity index (χ1n) is 9.33. The molecule has 1 saturated carbocycles. The third-order valence-electron chi connectivity index (χ3n) is 5.47. The summed E-state index contributed by atoms with van der Waals surface area (Å²) in [5.41, 5.74) is 2.97. The molecule has 140 valence electrons. The number of carbonyl (C=O) groups excluding carboxylic acids is 1. The SMILES string of the molecule is CSc1ccc(C(=O)N(C2CC2)C2CCCc3ccccc32)cc1[N+](=O)[O-]. The Morgan fingerprint density at radius 2 is 1.96 bits per heavy atom. The van der Waals surface area contributed by atoms with Crippen molar-refractivity contribution in [3.8, 4) is 0 Å². The molecule has 2 aliphatic rings. The minimum atomic E-state index is -0.403. The van der Waals surface area contributed by atoms with Crippen LogP contribution in [0.2, 0.25) is 0 Å². The van der Waals surface area contributed by atoms with Crippen molar-refractivity contribution < 1.29 is 9.72 Å². The molecule has 4 rings (SSSR count). The Morgan fingerprint density at radius 1 is 1.19 bits per heavy atom. The van der Waals surface area contributed by atoms with E-state index < -0.39 is 4.92 Å². The maximum Gasteiger partial charge on any atom is 0.283 e. The molecule has 0 N–H and O–H groups in total. The van der Waals surface area contributed by atoms with Crippen LogP contribution in [-0.2, 0) is 6.42 Å². The normalized spacial score (nSPS) is 18.6. The molecule has 1 unspecified atom stereocenters. The van der Waals surface area contributed by atoms with Crippen LogP contribution >= 0.6 is 11.8 Å². The molecule has 0 aromatic heterocycles. The highest BCUT2D eigenvalue weighted by atomic mass is 32.2. The van der Waals surface area contributed by atoms with Crippen molar-refractivity contribution in [3.05, 3.63) is 69.3 Å². The van der Waals surface area contributed by atoms with Crippen molar-refractivity contribution in [1.82, 2.24) is 4.90 Å². The van der Waals surface area contributed by atoms with Gasteiger partial charge in [0.1, 0.15) is 0 Å². The third-order valence-corrected chi connectivity index (χ3v) is 6.26. The van der Waals surface area contributed by atoms with Gasteiger partial charge in [-0.05, 0) is 61.6 Å². The average Bonchev–Trinajstić information content (AvgIpc) is 3.52. The van der Waals surface area contributed by atoms with Gasteiger partial charge in [-0.15, -0.1) is 11.8 Å². The molecule has 2 aromatic rings. The number of rotatable bonds is 5. The first kappa shape index (κ1) is 18.0. The summed E-state index contributed by atoms with van der Waals surface area (Å²) in [6.07, 6.45) is 6.88. The minimum absolute atomic E-state index is 0.00754. The summed E-state index contributed by atoms with van der Waals surface area (Å²) in [5, 5.41) is 11.4. The van der Waals surface area contributed by atoms with Gasteiger partial charge in [0.2, 0.25) is 0 Å². The van der Waals surface area contributed by atoms with Gasteiger partial charge in [-0.25, -0.2) is 0 Å². The topological polar surface area (TPSA) is 63.5 Å². The lowest BCUT2D eigenvalue weighted by molar-refractivity contribution is -0.387. The molecule has 6 heteroatoms. The van der Waals surface area contributed by atoms with E-state index in [1.54, 1.807) is 18.4 Å². The molecule has 0 radical (unpaired) electrons. The number of hydrogen-bond acceptors (Lipinski definition) is 4. The second-order valence-corrected chi connectivity index (χ2v) is 8.04. The smallest absolute Gasteiger partial charge is 0.283 e. The number of carbonyl (C=O) groups is 1. The number of nitrogens with zero attached hydrogens (tertiary/aromatic N) is 2. The number of nitro benzene ring substituents is 1. The Hall–Kier alpha value is -2.34. The van der Waals surface area contributed by atoms with Crippen LogP contribution in [0.25, 0.3) is 0 Å². The Labute approximate surface area is 162 Å². The maximum absolute atomic E-state index is 13.4. The molecule has 0 spiro atoms. The Kier molecular flexibility index (Phi) is 4.91. The highest BCUT2D eigenvalue weighted by molar-refractivity contribution is 7.98. The van der Waals surface area contributed by atoms with Crippen molar-refractivity contribution >= 4 is 23.4 Å². The highest BCUT2D eigenvalue weighted by Gasteiger charge is 2.40. The van der Waals surface area contributed by atoms with Gasteiger partial charge in [-0.1, -0.05) is 24.3 Å². The molecule has 0 bridgehead atoms. The van der Waals surface area contributed by atoms with Crippen molar-refractivity contribution in [2.24, 2.45) is 0 Å². The van der Waals surface area contributed by atoms with Gasteiger partial charge in [0.25, 0.3) is 11.6 Å². The van der Waals surface area contributed by atoms with E-state index in [1.165, 1.54) is 29.0 Å². The number of hydrogen-bond donors (Lipinski definition) is 0. The van der Waals surface area contributed by atoms with E-state index in [0.29, 0.717) is 10.5 Å². The Balaban J connectivity index is 1.71. The zero-order valence-electron chi connectivity index (χ0n) is 15.3. The second kappa shape index (κ2) is 7.35. The molecule has 1 atom stereocenters. The first-order chi connectivity index (χ1) is 13.1.